The first kappa shape index (κ1) is 12.9. The number of hydrogen-bond donors (Lipinski definition) is 1. The topological polar surface area (TPSA) is 15.3 Å². The molecule has 2 fully saturated rings. The molecule has 1 unspecified atom stereocenters. The van der Waals surface area contributed by atoms with Crippen molar-refractivity contribution < 1.29 is 0 Å². The van der Waals surface area contributed by atoms with Crippen LogP contribution in [0.3, 0.4) is 0 Å². The van der Waals surface area contributed by atoms with Gasteiger partial charge >= 0.3 is 0 Å². The number of rotatable bonds is 3. The lowest BCUT2D eigenvalue weighted by molar-refractivity contribution is 0.326. The predicted molar refractivity (Wildman–Crippen MR) is 78.1 cm³/mol. The summed E-state index contributed by atoms with van der Waals surface area (Å²) < 4.78 is 0. The summed E-state index contributed by atoms with van der Waals surface area (Å²) in [5, 5.41) is 5.21. The second-order valence-electron chi connectivity index (χ2n) is 5.10. The van der Waals surface area contributed by atoms with Crippen LogP contribution in [0.5, 0.6) is 0 Å². The van der Waals surface area contributed by atoms with Crippen LogP contribution in [-0.4, -0.2) is 30.1 Å². The highest BCUT2D eigenvalue weighted by Crippen LogP contribution is 2.36. The van der Waals surface area contributed by atoms with E-state index in [4.69, 9.17) is 34.8 Å². The fraction of sp³-hybridized carbons (Fsp3) is 0.538. The fourth-order valence-corrected chi connectivity index (χ4v) is 3.49. The van der Waals surface area contributed by atoms with Crippen molar-refractivity contribution >= 4 is 40.5 Å². The molecule has 1 aliphatic carbocycles. The molecule has 1 aromatic carbocycles. The Kier molecular flexibility index (Phi) is 3.63. The van der Waals surface area contributed by atoms with Gasteiger partial charge in [0.25, 0.3) is 0 Å². The molecule has 0 aromatic heterocycles. The predicted octanol–water partition coefficient (Wildman–Crippen LogP) is 4.30. The minimum atomic E-state index is 0.432. The maximum atomic E-state index is 6.18. The van der Waals surface area contributed by atoms with Gasteiger partial charge in [0, 0.05) is 30.2 Å². The molecule has 1 heterocycles. The van der Waals surface area contributed by atoms with Gasteiger partial charge in [-0.15, -0.1) is 0 Å². The number of anilines is 1. The molecular weight excluding hydrogens is 291 g/mol. The van der Waals surface area contributed by atoms with Crippen molar-refractivity contribution in [3.8, 4) is 0 Å². The maximum absolute atomic E-state index is 6.18. The van der Waals surface area contributed by atoms with Crippen LogP contribution in [0.2, 0.25) is 15.1 Å². The van der Waals surface area contributed by atoms with Gasteiger partial charge in [-0.2, -0.15) is 0 Å². The molecule has 1 saturated carbocycles. The molecule has 0 spiro atoms. The number of nitrogens with zero attached hydrogens (tertiary/aromatic N) is 1. The van der Waals surface area contributed by atoms with Crippen LogP contribution in [0.1, 0.15) is 19.3 Å². The molecule has 1 aromatic rings. The monoisotopic (exact) mass is 304 g/mol. The number of likely N-dealkylation sites (tertiary alicyclic amines) is 1. The molecule has 18 heavy (non-hydrogen) atoms. The van der Waals surface area contributed by atoms with Crippen molar-refractivity contribution in [2.24, 2.45) is 0 Å². The van der Waals surface area contributed by atoms with Gasteiger partial charge in [0.1, 0.15) is 0 Å². The van der Waals surface area contributed by atoms with E-state index in [0.717, 1.165) is 24.7 Å². The lowest BCUT2D eigenvalue weighted by atomic mass is 10.2. The SMILES string of the molecule is Clc1cc(Cl)c(NC2CCN(C3CC3)C2)c(Cl)c1. The maximum Gasteiger partial charge on any atom is 0.0722 e. The van der Waals surface area contributed by atoms with Gasteiger partial charge in [-0.1, -0.05) is 34.8 Å². The van der Waals surface area contributed by atoms with E-state index in [-0.39, 0.29) is 0 Å². The Morgan fingerprint density at radius 3 is 2.33 bits per heavy atom. The minimum Gasteiger partial charge on any atom is -0.379 e. The number of hydrogen-bond acceptors (Lipinski definition) is 2. The average Bonchev–Trinajstić information content (AvgIpc) is 3.04. The van der Waals surface area contributed by atoms with Crippen LogP contribution in [0.25, 0.3) is 0 Å². The average molecular weight is 306 g/mol. The summed E-state index contributed by atoms with van der Waals surface area (Å²) in [5.74, 6) is 0. The highest BCUT2D eigenvalue weighted by Gasteiger charge is 2.34. The van der Waals surface area contributed by atoms with E-state index in [0.29, 0.717) is 21.1 Å². The van der Waals surface area contributed by atoms with Gasteiger partial charge in [0.05, 0.1) is 15.7 Å². The summed E-state index contributed by atoms with van der Waals surface area (Å²) >= 11 is 18.3. The van der Waals surface area contributed by atoms with E-state index < -0.39 is 0 Å². The van der Waals surface area contributed by atoms with Crippen molar-refractivity contribution in [3.05, 3.63) is 27.2 Å². The third-order valence-corrected chi connectivity index (χ3v) is 4.45. The second-order valence-corrected chi connectivity index (χ2v) is 6.35. The normalized spacial score (nSPS) is 24.5. The van der Waals surface area contributed by atoms with Crippen LogP contribution in [0.15, 0.2) is 12.1 Å². The van der Waals surface area contributed by atoms with E-state index in [9.17, 15) is 0 Å². The van der Waals surface area contributed by atoms with Gasteiger partial charge in [0.2, 0.25) is 0 Å². The molecule has 5 heteroatoms. The molecule has 1 aliphatic heterocycles. The van der Waals surface area contributed by atoms with Crippen molar-refractivity contribution in [1.82, 2.24) is 4.90 Å². The highest BCUT2D eigenvalue weighted by molar-refractivity contribution is 6.41. The Bertz CT molecular complexity index is 437. The molecule has 3 rings (SSSR count). The third-order valence-electron chi connectivity index (χ3n) is 3.64. The Labute approximate surface area is 122 Å². The van der Waals surface area contributed by atoms with Gasteiger partial charge in [0.15, 0.2) is 0 Å². The lowest BCUT2D eigenvalue weighted by Gasteiger charge is -2.18. The molecular formula is C13H15Cl3N2. The molecule has 0 radical (unpaired) electrons. The Balaban J connectivity index is 1.69. The van der Waals surface area contributed by atoms with Gasteiger partial charge in [-0.25, -0.2) is 0 Å². The van der Waals surface area contributed by atoms with Gasteiger partial charge in [-0.3, -0.25) is 4.90 Å². The summed E-state index contributed by atoms with van der Waals surface area (Å²) in [6.07, 6.45) is 3.86. The van der Waals surface area contributed by atoms with Crippen LogP contribution >= 0.6 is 34.8 Å². The lowest BCUT2D eigenvalue weighted by Crippen LogP contribution is -2.27. The van der Waals surface area contributed by atoms with Crippen LogP contribution in [0, 0.1) is 0 Å². The van der Waals surface area contributed by atoms with E-state index in [1.54, 1.807) is 12.1 Å². The zero-order valence-corrected chi connectivity index (χ0v) is 12.2. The molecule has 0 bridgehead atoms. The zero-order chi connectivity index (χ0) is 12.7. The smallest absolute Gasteiger partial charge is 0.0722 e. The molecule has 1 atom stereocenters. The first-order chi connectivity index (χ1) is 8.63. The summed E-state index contributed by atoms with van der Waals surface area (Å²) in [4.78, 5) is 2.55. The van der Waals surface area contributed by atoms with Crippen molar-refractivity contribution in [2.45, 2.75) is 31.3 Å². The van der Waals surface area contributed by atoms with Crippen molar-refractivity contribution in [3.63, 3.8) is 0 Å². The second kappa shape index (κ2) is 5.09. The van der Waals surface area contributed by atoms with E-state index in [2.05, 4.69) is 10.2 Å². The number of nitrogens with one attached hydrogen (secondary N) is 1. The molecule has 0 amide bonds. The minimum absolute atomic E-state index is 0.432. The summed E-state index contributed by atoms with van der Waals surface area (Å²) in [6.45, 7) is 2.26. The highest BCUT2D eigenvalue weighted by atomic mass is 35.5. The zero-order valence-electron chi connectivity index (χ0n) is 9.93. The quantitative estimate of drug-likeness (QED) is 0.896. The third kappa shape index (κ3) is 2.72. The Hall–Kier alpha value is -0.150. The van der Waals surface area contributed by atoms with E-state index >= 15 is 0 Å². The fourth-order valence-electron chi connectivity index (χ4n) is 2.56. The molecule has 98 valence electrons. The molecule has 2 nitrogen and oxygen atoms in total. The van der Waals surface area contributed by atoms with Gasteiger partial charge < -0.3 is 5.32 Å². The van der Waals surface area contributed by atoms with E-state index in [1.165, 1.54) is 19.4 Å². The first-order valence-corrected chi connectivity index (χ1v) is 7.42. The van der Waals surface area contributed by atoms with Crippen molar-refractivity contribution in [2.75, 3.05) is 18.4 Å². The standard InChI is InChI=1S/C13H15Cl3N2/c14-8-5-11(15)13(12(16)6-8)17-9-3-4-18(7-9)10-1-2-10/h5-6,9-10,17H,1-4,7H2. The Morgan fingerprint density at radius 2 is 1.72 bits per heavy atom. The summed E-state index contributed by atoms with van der Waals surface area (Å²) in [5.41, 5.74) is 0.811. The van der Waals surface area contributed by atoms with E-state index in [1.807, 2.05) is 0 Å². The summed E-state index contributed by atoms with van der Waals surface area (Å²) in [6, 6.07) is 4.71. The van der Waals surface area contributed by atoms with Crippen LogP contribution in [0.4, 0.5) is 5.69 Å². The van der Waals surface area contributed by atoms with Crippen LogP contribution < -0.4 is 5.32 Å². The van der Waals surface area contributed by atoms with Crippen LogP contribution in [-0.2, 0) is 0 Å². The van der Waals surface area contributed by atoms with Crippen molar-refractivity contribution in [1.29, 1.82) is 0 Å². The molecule has 1 N–H and O–H groups in total. The largest absolute Gasteiger partial charge is 0.379 e. The first-order valence-electron chi connectivity index (χ1n) is 6.28. The number of benzene rings is 1. The Morgan fingerprint density at radius 1 is 1.06 bits per heavy atom. The summed E-state index contributed by atoms with van der Waals surface area (Å²) in [7, 11) is 0. The molecule has 2 aliphatic rings. The number of halogens is 3. The molecule has 1 saturated heterocycles. The van der Waals surface area contributed by atoms with Gasteiger partial charge in [-0.05, 0) is 31.4 Å².